The van der Waals surface area contributed by atoms with Crippen LogP contribution in [-0.2, 0) is 24.1 Å². The highest BCUT2D eigenvalue weighted by Gasteiger charge is 2.17. The Morgan fingerprint density at radius 3 is 1.81 bits per heavy atom. The van der Waals surface area contributed by atoms with Crippen LogP contribution in [0.15, 0.2) is 65.8 Å². The van der Waals surface area contributed by atoms with Crippen molar-refractivity contribution >= 4 is 11.0 Å². The molecule has 7 heteroatoms. The van der Waals surface area contributed by atoms with Crippen molar-refractivity contribution in [1.82, 2.24) is 14.5 Å². The molecular weight excluding hydrogens is 350 g/mol. The standard InChI is InChI=1S/C19H21N3O3S/c1-24-17-7-3-15(4-8-17)13-22(26(23)19-11-20-21-12-19)14-16-5-9-18(25-2)10-6-16/h3-12H,13-14H2,1-2H3,(H,20,21). The maximum Gasteiger partial charge on any atom is 0.131 e. The lowest BCUT2D eigenvalue weighted by atomic mass is 10.2. The fourth-order valence-corrected chi connectivity index (χ4v) is 3.65. The number of nitrogens with zero attached hydrogens (tertiary/aromatic N) is 2. The molecule has 0 aliphatic heterocycles. The molecule has 1 heterocycles. The average molecular weight is 371 g/mol. The number of hydrogen-bond donors (Lipinski definition) is 1. The SMILES string of the molecule is COc1ccc(CN(Cc2ccc(OC)cc2)S(=O)c2cn[nH]c2)cc1. The largest absolute Gasteiger partial charge is 0.497 e. The van der Waals surface area contributed by atoms with Crippen LogP contribution in [0.2, 0.25) is 0 Å². The van der Waals surface area contributed by atoms with E-state index in [9.17, 15) is 4.21 Å². The molecule has 0 aliphatic rings. The van der Waals surface area contributed by atoms with Gasteiger partial charge in [-0.1, -0.05) is 24.3 Å². The molecule has 0 radical (unpaired) electrons. The summed E-state index contributed by atoms with van der Waals surface area (Å²) in [6.07, 6.45) is 3.25. The third kappa shape index (κ3) is 4.50. The molecular formula is C19H21N3O3S. The molecule has 3 rings (SSSR count). The second-order valence-electron chi connectivity index (χ2n) is 5.68. The topological polar surface area (TPSA) is 67.5 Å². The molecule has 0 saturated heterocycles. The summed E-state index contributed by atoms with van der Waals surface area (Å²) in [6.45, 7) is 1.07. The minimum Gasteiger partial charge on any atom is -0.497 e. The normalized spacial score (nSPS) is 12.1. The Kier molecular flexibility index (Phi) is 6.04. The number of nitrogens with one attached hydrogen (secondary N) is 1. The van der Waals surface area contributed by atoms with Crippen LogP contribution in [0.25, 0.3) is 0 Å². The molecule has 0 bridgehead atoms. The maximum absolute atomic E-state index is 13.0. The zero-order chi connectivity index (χ0) is 18.4. The molecule has 0 fully saturated rings. The summed E-state index contributed by atoms with van der Waals surface area (Å²) in [4.78, 5) is 0.645. The molecule has 0 amide bonds. The van der Waals surface area contributed by atoms with E-state index >= 15 is 0 Å². The van der Waals surface area contributed by atoms with Crippen molar-refractivity contribution in [2.24, 2.45) is 0 Å². The van der Waals surface area contributed by atoms with Crippen LogP contribution in [0.3, 0.4) is 0 Å². The number of ether oxygens (including phenoxy) is 2. The van der Waals surface area contributed by atoms with E-state index in [1.54, 1.807) is 26.6 Å². The van der Waals surface area contributed by atoms with Gasteiger partial charge in [0.25, 0.3) is 0 Å². The fourth-order valence-electron chi connectivity index (χ4n) is 2.53. The third-order valence-corrected chi connectivity index (χ3v) is 5.30. The summed E-state index contributed by atoms with van der Waals surface area (Å²) in [5.74, 6) is 1.60. The first-order valence-electron chi connectivity index (χ1n) is 8.11. The van der Waals surface area contributed by atoms with Gasteiger partial charge < -0.3 is 9.47 Å². The number of aromatic amines is 1. The highest BCUT2D eigenvalue weighted by molar-refractivity contribution is 7.82. The predicted octanol–water partition coefficient (Wildman–Crippen LogP) is 3.15. The molecule has 2 aromatic carbocycles. The lowest BCUT2D eigenvalue weighted by Gasteiger charge is -2.21. The molecule has 26 heavy (non-hydrogen) atoms. The predicted molar refractivity (Wildman–Crippen MR) is 100 cm³/mol. The Morgan fingerprint density at radius 2 is 1.42 bits per heavy atom. The van der Waals surface area contributed by atoms with Gasteiger partial charge >= 0.3 is 0 Å². The lowest BCUT2D eigenvalue weighted by Crippen LogP contribution is -2.25. The summed E-state index contributed by atoms with van der Waals surface area (Å²) in [7, 11) is 1.95. The highest BCUT2D eigenvalue weighted by atomic mass is 32.2. The van der Waals surface area contributed by atoms with Crippen LogP contribution < -0.4 is 9.47 Å². The number of H-pyrrole nitrogens is 1. The van der Waals surface area contributed by atoms with E-state index in [0.717, 1.165) is 22.6 Å². The van der Waals surface area contributed by atoms with Crippen molar-refractivity contribution in [3.8, 4) is 11.5 Å². The highest BCUT2D eigenvalue weighted by Crippen LogP contribution is 2.20. The Hall–Kier alpha value is -2.64. The first kappa shape index (κ1) is 18.2. The van der Waals surface area contributed by atoms with Gasteiger partial charge in [0, 0.05) is 19.3 Å². The molecule has 0 saturated carbocycles. The van der Waals surface area contributed by atoms with Crippen LogP contribution in [0.1, 0.15) is 11.1 Å². The Labute approximate surface area is 155 Å². The van der Waals surface area contributed by atoms with E-state index < -0.39 is 11.0 Å². The van der Waals surface area contributed by atoms with E-state index in [0.29, 0.717) is 18.0 Å². The van der Waals surface area contributed by atoms with Gasteiger partial charge in [0.05, 0.1) is 25.3 Å². The van der Waals surface area contributed by atoms with Crippen LogP contribution >= 0.6 is 0 Å². The van der Waals surface area contributed by atoms with Gasteiger partial charge in [-0.3, -0.25) is 5.10 Å². The Bertz CT molecular complexity index is 784. The van der Waals surface area contributed by atoms with Crippen LogP contribution in [0.4, 0.5) is 0 Å². The van der Waals surface area contributed by atoms with Crippen molar-refractivity contribution in [3.63, 3.8) is 0 Å². The van der Waals surface area contributed by atoms with Crippen molar-refractivity contribution in [1.29, 1.82) is 0 Å². The van der Waals surface area contributed by atoms with Gasteiger partial charge in [-0.15, -0.1) is 0 Å². The maximum atomic E-state index is 13.0. The molecule has 1 atom stereocenters. The van der Waals surface area contributed by atoms with Gasteiger partial charge in [0.2, 0.25) is 0 Å². The van der Waals surface area contributed by atoms with E-state index in [1.165, 1.54) is 0 Å². The average Bonchev–Trinajstić information content (AvgIpc) is 3.23. The molecule has 3 aromatic rings. The van der Waals surface area contributed by atoms with Gasteiger partial charge in [-0.25, -0.2) is 8.51 Å². The van der Waals surface area contributed by atoms with Crippen molar-refractivity contribution in [3.05, 3.63) is 72.1 Å². The summed E-state index contributed by atoms with van der Waals surface area (Å²) in [6, 6.07) is 15.5. The monoisotopic (exact) mass is 371 g/mol. The fraction of sp³-hybridized carbons (Fsp3) is 0.211. The Morgan fingerprint density at radius 1 is 0.923 bits per heavy atom. The number of benzene rings is 2. The Balaban J connectivity index is 1.81. The summed E-state index contributed by atoms with van der Waals surface area (Å²) in [5, 5.41) is 6.63. The number of methoxy groups -OCH3 is 2. The molecule has 1 unspecified atom stereocenters. The lowest BCUT2D eigenvalue weighted by molar-refractivity contribution is 0.411. The van der Waals surface area contributed by atoms with Crippen molar-refractivity contribution < 1.29 is 13.7 Å². The van der Waals surface area contributed by atoms with Gasteiger partial charge in [0.15, 0.2) is 0 Å². The number of hydrogen-bond acceptors (Lipinski definition) is 4. The first-order valence-corrected chi connectivity index (χ1v) is 9.21. The molecule has 1 N–H and O–H groups in total. The van der Waals surface area contributed by atoms with E-state index in [-0.39, 0.29) is 0 Å². The first-order chi connectivity index (χ1) is 12.7. The molecule has 136 valence electrons. The summed E-state index contributed by atoms with van der Waals surface area (Å²) < 4.78 is 25.3. The summed E-state index contributed by atoms with van der Waals surface area (Å²) >= 11 is 0. The van der Waals surface area contributed by atoms with E-state index in [4.69, 9.17) is 9.47 Å². The smallest absolute Gasteiger partial charge is 0.131 e. The van der Waals surface area contributed by atoms with Crippen LogP contribution in [0.5, 0.6) is 11.5 Å². The zero-order valence-electron chi connectivity index (χ0n) is 14.7. The second kappa shape index (κ2) is 8.64. The van der Waals surface area contributed by atoms with Crippen LogP contribution in [0, 0.1) is 0 Å². The van der Waals surface area contributed by atoms with Gasteiger partial charge in [0.1, 0.15) is 22.5 Å². The van der Waals surface area contributed by atoms with Crippen molar-refractivity contribution in [2.75, 3.05) is 14.2 Å². The molecule has 0 aliphatic carbocycles. The second-order valence-corrected chi connectivity index (χ2v) is 7.16. The number of rotatable bonds is 8. The quantitative estimate of drug-likeness (QED) is 0.660. The summed E-state index contributed by atoms with van der Waals surface area (Å²) in [5.41, 5.74) is 2.10. The van der Waals surface area contributed by atoms with E-state index in [2.05, 4.69) is 10.2 Å². The van der Waals surface area contributed by atoms with Crippen LogP contribution in [-0.4, -0.2) is 32.9 Å². The third-order valence-electron chi connectivity index (χ3n) is 3.95. The van der Waals surface area contributed by atoms with Crippen molar-refractivity contribution in [2.45, 2.75) is 18.0 Å². The van der Waals surface area contributed by atoms with E-state index in [1.807, 2.05) is 52.8 Å². The number of aromatic nitrogens is 2. The van der Waals surface area contributed by atoms with Gasteiger partial charge in [-0.2, -0.15) is 5.10 Å². The minimum absolute atomic E-state index is 0.536. The molecule has 6 nitrogen and oxygen atoms in total. The molecule has 0 spiro atoms. The molecule has 1 aromatic heterocycles. The zero-order valence-corrected chi connectivity index (χ0v) is 15.5. The van der Waals surface area contributed by atoms with Gasteiger partial charge in [-0.05, 0) is 35.4 Å². The minimum atomic E-state index is -1.33.